The number of allylic oxidation sites excluding steroid dienone is 2. The zero-order valence-corrected chi connectivity index (χ0v) is 25.8. The third-order valence-electron chi connectivity index (χ3n) is 7.05. The van der Waals surface area contributed by atoms with Crippen LogP contribution in [0.15, 0.2) is 24.3 Å². The predicted octanol–water partition coefficient (Wildman–Crippen LogP) is 9.51. The molecule has 0 saturated heterocycles. The summed E-state index contributed by atoms with van der Waals surface area (Å²) >= 11 is 0. The van der Waals surface area contributed by atoms with Gasteiger partial charge in [-0.1, -0.05) is 90.9 Å². The van der Waals surface area contributed by atoms with Gasteiger partial charge in [-0.2, -0.15) is 0 Å². The molecule has 0 N–H and O–H groups in total. The van der Waals surface area contributed by atoms with Crippen molar-refractivity contribution in [1.82, 2.24) is 0 Å². The van der Waals surface area contributed by atoms with E-state index in [1.165, 1.54) is 76.4 Å². The van der Waals surface area contributed by atoms with Gasteiger partial charge in [0.15, 0.2) is 11.6 Å². The van der Waals surface area contributed by atoms with Crippen molar-refractivity contribution in [2.75, 3.05) is 0 Å². The standard InChI is InChI=1S/C30H50O4Si2/c1-7-9-11-13-15-17-23-35(3,4)33-27-21-22-28(30-26(32)20-19-25(31)29(27)30)34-36(5,6)24-18-16-14-12-10-8-2/h19-22H,7-18,23-24H2,1-6H3. The Morgan fingerprint density at radius 1 is 0.556 bits per heavy atom. The highest BCUT2D eigenvalue weighted by molar-refractivity contribution is 6.72. The maximum atomic E-state index is 13.0. The van der Waals surface area contributed by atoms with Gasteiger partial charge in [-0.05, 0) is 62.6 Å². The smallest absolute Gasteiger partial charge is 0.245 e. The molecule has 1 aromatic rings. The second kappa shape index (κ2) is 14.9. The molecule has 0 spiro atoms. The SMILES string of the molecule is CCCCCCCC[Si](C)(C)Oc1ccc(O[Si](C)(C)CCCCCCCC)c2c1C(=O)C=CC2=O. The minimum atomic E-state index is -2.04. The van der Waals surface area contributed by atoms with E-state index in [0.29, 0.717) is 22.6 Å². The molecule has 4 nitrogen and oxygen atoms in total. The number of carbonyl (C=O) groups is 2. The third-order valence-corrected chi connectivity index (χ3v) is 11.7. The van der Waals surface area contributed by atoms with Gasteiger partial charge < -0.3 is 8.85 Å². The lowest BCUT2D eigenvalue weighted by molar-refractivity contribution is 0.0991. The topological polar surface area (TPSA) is 52.6 Å². The molecule has 1 aliphatic carbocycles. The fraction of sp³-hybridized carbons (Fsp3) is 0.667. The maximum Gasteiger partial charge on any atom is 0.245 e. The van der Waals surface area contributed by atoms with Crippen molar-refractivity contribution in [2.45, 2.75) is 129 Å². The van der Waals surface area contributed by atoms with Gasteiger partial charge in [0.1, 0.15) is 11.5 Å². The second-order valence-electron chi connectivity index (χ2n) is 11.6. The quantitative estimate of drug-likeness (QED) is 0.140. The second-order valence-corrected chi connectivity index (χ2v) is 20.1. The molecular formula is C30H50O4Si2. The van der Waals surface area contributed by atoms with Gasteiger partial charge in [0.25, 0.3) is 0 Å². The van der Waals surface area contributed by atoms with Crippen LogP contribution in [0.3, 0.4) is 0 Å². The average molecular weight is 531 g/mol. The van der Waals surface area contributed by atoms with Gasteiger partial charge >= 0.3 is 0 Å². The third kappa shape index (κ3) is 10.0. The largest absolute Gasteiger partial charge is 0.544 e. The molecule has 0 heterocycles. The van der Waals surface area contributed by atoms with Crippen molar-refractivity contribution in [2.24, 2.45) is 0 Å². The van der Waals surface area contributed by atoms with E-state index in [0.717, 1.165) is 24.9 Å². The molecule has 0 amide bonds. The fourth-order valence-electron chi connectivity index (χ4n) is 4.90. The molecule has 0 saturated carbocycles. The summed E-state index contributed by atoms with van der Waals surface area (Å²) in [7, 11) is -4.08. The predicted molar refractivity (Wildman–Crippen MR) is 157 cm³/mol. The Kier molecular flexibility index (Phi) is 12.7. The summed E-state index contributed by atoms with van der Waals surface area (Å²) in [5.74, 6) is 0.783. The summed E-state index contributed by atoms with van der Waals surface area (Å²) in [6, 6.07) is 5.82. The van der Waals surface area contributed by atoms with Crippen LogP contribution >= 0.6 is 0 Å². The van der Waals surface area contributed by atoms with Crippen LogP contribution in [0.5, 0.6) is 11.5 Å². The van der Waals surface area contributed by atoms with Gasteiger partial charge in [0.2, 0.25) is 16.6 Å². The first-order chi connectivity index (χ1) is 17.1. The Morgan fingerprint density at radius 2 is 0.889 bits per heavy atom. The number of carbonyl (C=O) groups excluding carboxylic acids is 2. The normalized spacial score (nSPS) is 13.7. The minimum Gasteiger partial charge on any atom is -0.544 e. The summed E-state index contributed by atoms with van der Waals surface area (Å²) in [4.78, 5) is 25.9. The van der Waals surface area contributed by atoms with Gasteiger partial charge in [-0.3, -0.25) is 9.59 Å². The molecule has 1 aliphatic rings. The number of hydrogen-bond acceptors (Lipinski definition) is 4. The number of benzene rings is 1. The minimum absolute atomic E-state index is 0.162. The molecule has 0 unspecified atom stereocenters. The van der Waals surface area contributed by atoms with Crippen molar-refractivity contribution in [3.05, 3.63) is 35.4 Å². The van der Waals surface area contributed by atoms with Crippen LogP contribution in [-0.2, 0) is 0 Å². The van der Waals surface area contributed by atoms with E-state index in [1.54, 1.807) is 0 Å². The summed E-state index contributed by atoms with van der Waals surface area (Å²) in [6.07, 6.45) is 17.8. The molecule has 0 fully saturated rings. The maximum absolute atomic E-state index is 13.0. The molecule has 36 heavy (non-hydrogen) atoms. The van der Waals surface area contributed by atoms with Crippen LogP contribution in [0.1, 0.15) is 112 Å². The van der Waals surface area contributed by atoms with Crippen LogP contribution < -0.4 is 8.85 Å². The van der Waals surface area contributed by atoms with Gasteiger partial charge in [-0.15, -0.1) is 0 Å². The van der Waals surface area contributed by atoms with Crippen molar-refractivity contribution >= 4 is 28.2 Å². The van der Waals surface area contributed by atoms with Crippen LogP contribution in [0.25, 0.3) is 0 Å². The van der Waals surface area contributed by atoms with Gasteiger partial charge in [-0.25, -0.2) is 0 Å². The van der Waals surface area contributed by atoms with Crippen LogP contribution in [0.4, 0.5) is 0 Å². The lowest BCUT2D eigenvalue weighted by Gasteiger charge is -2.30. The molecule has 0 aliphatic heterocycles. The monoisotopic (exact) mass is 530 g/mol. The van der Waals surface area contributed by atoms with Crippen molar-refractivity contribution in [3.8, 4) is 11.5 Å². The number of fused-ring (bicyclic) bond motifs is 1. The van der Waals surface area contributed by atoms with Crippen molar-refractivity contribution < 1.29 is 18.4 Å². The number of ketones is 2. The van der Waals surface area contributed by atoms with E-state index in [4.69, 9.17) is 8.85 Å². The highest BCUT2D eigenvalue weighted by atomic mass is 28.4. The van der Waals surface area contributed by atoms with Crippen LogP contribution in [0, 0.1) is 0 Å². The fourth-order valence-corrected chi connectivity index (χ4v) is 8.84. The molecular weight excluding hydrogens is 480 g/mol. The number of rotatable bonds is 18. The highest BCUT2D eigenvalue weighted by Crippen LogP contribution is 2.37. The zero-order chi connectivity index (χ0) is 26.6. The summed E-state index contributed by atoms with van der Waals surface area (Å²) in [6.45, 7) is 13.3. The van der Waals surface area contributed by atoms with E-state index in [-0.39, 0.29) is 11.6 Å². The summed E-state index contributed by atoms with van der Waals surface area (Å²) in [5.41, 5.74) is 0.792. The van der Waals surface area contributed by atoms with Crippen LogP contribution in [-0.4, -0.2) is 28.2 Å². The van der Waals surface area contributed by atoms with E-state index in [1.807, 2.05) is 12.1 Å². The van der Waals surface area contributed by atoms with Crippen molar-refractivity contribution in [1.29, 1.82) is 0 Å². The molecule has 0 bridgehead atoms. The summed E-state index contributed by atoms with van der Waals surface area (Å²) < 4.78 is 13.1. The average Bonchev–Trinajstić information content (AvgIpc) is 2.81. The Hall–Kier alpha value is -1.67. The van der Waals surface area contributed by atoms with E-state index in [9.17, 15) is 9.59 Å². The lowest BCUT2D eigenvalue weighted by atomic mass is 9.93. The van der Waals surface area contributed by atoms with Gasteiger partial charge in [0.05, 0.1) is 11.1 Å². The molecule has 0 radical (unpaired) electrons. The zero-order valence-electron chi connectivity index (χ0n) is 23.8. The molecule has 1 aromatic carbocycles. The Balaban J connectivity index is 2.11. The molecule has 0 atom stereocenters. The highest BCUT2D eigenvalue weighted by Gasteiger charge is 2.33. The number of unbranched alkanes of at least 4 members (excludes halogenated alkanes) is 10. The van der Waals surface area contributed by atoms with E-state index in [2.05, 4.69) is 40.0 Å². The summed E-state index contributed by atoms with van der Waals surface area (Å²) in [5, 5.41) is 0. The molecule has 202 valence electrons. The first-order valence-corrected chi connectivity index (χ1v) is 20.6. The first kappa shape index (κ1) is 30.6. The Morgan fingerprint density at radius 3 is 1.25 bits per heavy atom. The first-order valence-electron chi connectivity index (χ1n) is 14.4. The molecule has 0 aromatic heterocycles. The van der Waals surface area contributed by atoms with E-state index < -0.39 is 16.6 Å². The van der Waals surface area contributed by atoms with Crippen molar-refractivity contribution in [3.63, 3.8) is 0 Å². The Labute approximate surface area is 222 Å². The number of hydrogen-bond donors (Lipinski definition) is 0. The lowest BCUT2D eigenvalue weighted by Crippen LogP contribution is -2.36. The van der Waals surface area contributed by atoms with E-state index >= 15 is 0 Å². The van der Waals surface area contributed by atoms with Gasteiger partial charge in [0, 0.05) is 0 Å². The Bertz CT molecular complexity index is 818. The van der Waals surface area contributed by atoms with Crippen LogP contribution in [0.2, 0.25) is 38.3 Å². The molecule has 2 rings (SSSR count). The molecule has 6 heteroatoms.